The number of piperazine rings is 1. The van der Waals surface area contributed by atoms with Gasteiger partial charge in [-0.1, -0.05) is 42.5 Å². The highest BCUT2D eigenvalue weighted by molar-refractivity contribution is 8.00. The molecule has 0 bridgehead atoms. The monoisotopic (exact) mass is 581 g/mol. The third-order valence-corrected chi connectivity index (χ3v) is 8.85. The molecule has 1 saturated heterocycles. The summed E-state index contributed by atoms with van der Waals surface area (Å²) in [7, 11) is 0. The minimum Gasteiger partial charge on any atom is -0.392 e. The third kappa shape index (κ3) is 8.37. The topological polar surface area (TPSA) is 115 Å². The molecule has 3 amide bonds. The molecule has 4 rings (SSSR count). The zero-order valence-electron chi connectivity index (χ0n) is 22.8. The number of aliphatic hydroxyl groups is 1. The van der Waals surface area contributed by atoms with Crippen LogP contribution in [-0.2, 0) is 17.1 Å². The van der Waals surface area contributed by atoms with Gasteiger partial charge in [0.25, 0.3) is 11.8 Å². The first-order chi connectivity index (χ1) is 19.3. The van der Waals surface area contributed by atoms with Gasteiger partial charge >= 0.3 is 0 Å². The SMILES string of the molecule is CCC(O)CNCc1ccc(C(=O)Nc2ncc(SCc3cccc(C(=O)N4CCN(C(C)=O)CC4)c3)s2)cc1. The normalized spacial score (nSPS) is 14.2. The van der Waals surface area contributed by atoms with Gasteiger partial charge in [-0.3, -0.25) is 19.7 Å². The number of aliphatic hydroxyl groups excluding tert-OH is 1. The van der Waals surface area contributed by atoms with Crippen molar-refractivity contribution in [3.63, 3.8) is 0 Å². The van der Waals surface area contributed by atoms with Crippen molar-refractivity contribution in [1.82, 2.24) is 20.1 Å². The number of amides is 3. The first-order valence-electron chi connectivity index (χ1n) is 13.3. The molecule has 1 aromatic heterocycles. The fourth-order valence-electron chi connectivity index (χ4n) is 4.21. The van der Waals surface area contributed by atoms with Gasteiger partial charge in [0.2, 0.25) is 5.91 Å². The average Bonchev–Trinajstić information content (AvgIpc) is 3.43. The molecule has 3 aromatic rings. The molecule has 9 nitrogen and oxygen atoms in total. The molecular weight excluding hydrogens is 546 g/mol. The maximum Gasteiger partial charge on any atom is 0.257 e. The van der Waals surface area contributed by atoms with E-state index in [-0.39, 0.29) is 23.8 Å². The van der Waals surface area contributed by atoms with Crippen LogP contribution in [0.25, 0.3) is 0 Å². The molecular formula is C29H35N5O4S2. The van der Waals surface area contributed by atoms with E-state index in [4.69, 9.17) is 0 Å². The van der Waals surface area contributed by atoms with Gasteiger partial charge in [0.05, 0.1) is 16.5 Å². The van der Waals surface area contributed by atoms with Crippen LogP contribution in [0.15, 0.2) is 58.9 Å². The van der Waals surface area contributed by atoms with Crippen molar-refractivity contribution >= 4 is 46.0 Å². The van der Waals surface area contributed by atoms with E-state index in [0.29, 0.717) is 67.7 Å². The number of benzene rings is 2. The van der Waals surface area contributed by atoms with Crippen LogP contribution in [-0.4, -0.2) is 76.4 Å². The van der Waals surface area contributed by atoms with Crippen molar-refractivity contribution < 1.29 is 19.5 Å². The third-order valence-electron chi connectivity index (χ3n) is 6.67. The highest BCUT2D eigenvalue weighted by Crippen LogP contribution is 2.31. The number of nitrogens with zero attached hydrogens (tertiary/aromatic N) is 3. The smallest absolute Gasteiger partial charge is 0.257 e. The second kappa shape index (κ2) is 14.4. The Kier molecular flexibility index (Phi) is 10.7. The lowest BCUT2D eigenvalue weighted by Gasteiger charge is -2.34. The first kappa shape index (κ1) is 29.7. The number of rotatable bonds is 11. The van der Waals surface area contributed by atoms with Crippen molar-refractivity contribution in [2.75, 3.05) is 38.0 Å². The Morgan fingerprint density at radius 2 is 1.75 bits per heavy atom. The Morgan fingerprint density at radius 3 is 2.45 bits per heavy atom. The molecule has 2 heterocycles. The average molecular weight is 582 g/mol. The summed E-state index contributed by atoms with van der Waals surface area (Å²) in [6.45, 7) is 6.86. The number of carbonyl (C=O) groups excluding carboxylic acids is 3. The van der Waals surface area contributed by atoms with Gasteiger partial charge in [-0.25, -0.2) is 4.98 Å². The van der Waals surface area contributed by atoms with Crippen LogP contribution >= 0.6 is 23.1 Å². The number of carbonyl (C=O) groups is 3. The number of nitrogens with one attached hydrogen (secondary N) is 2. The van der Waals surface area contributed by atoms with Crippen molar-refractivity contribution in [2.24, 2.45) is 0 Å². The molecule has 2 aromatic carbocycles. The van der Waals surface area contributed by atoms with Gasteiger partial charge in [0.15, 0.2) is 5.13 Å². The highest BCUT2D eigenvalue weighted by atomic mass is 32.2. The molecule has 0 saturated carbocycles. The number of aromatic nitrogens is 1. The van der Waals surface area contributed by atoms with Crippen LogP contribution in [0.4, 0.5) is 5.13 Å². The number of anilines is 1. The Balaban J connectivity index is 1.25. The van der Waals surface area contributed by atoms with Crippen LogP contribution in [0.5, 0.6) is 0 Å². The van der Waals surface area contributed by atoms with E-state index in [1.165, 1.54) is 11.3 Å². The van der Waals surface area contributed by atoms with Gasteiger partial charge in [0.1, 0.15) is 0 Å². The zero-order valence-corrected chi connectivity index (χ0v) is 24.4. The maximum atomic E-state index is 13.0. The molecule has 3 N–H and O–H groups in total. The molecule has 40 heavy (non-hydrogen) atoms. The Morgan fingerprint density at radius 1 is 1.02 bits per heavy atom. The van der Waals surface area contributed by atoms with Crippen LogP contribution < -0.4 is 10.6 Å². The molecule has 0 aliphatic carbocycles. The minimum absolute atomic E-state index is 0.0163. The van der Waals surface area contributed by atoms with Gasteiger partial charge in [-0.15, -0.1) is 11.8 Å². The lowest BCUT2D eigenvalue weighted by molar-refractivity contribution is -0.130. The van der Waals surface area contributed by atoms with Gasteiger partial charge < -0.3 is 20.2 Å². The molecule has 212 valence electrons. The standard InChI is InChI=1S/C29H35N5O4S2/c1-3-25(36)17-30-16-21-7-9-23(10-8-21)27(37)32-29-31-18-26(40-29)39-19-22-5-4-6-24(15-22)28(38)34-13-11-33(12-14-34)20(2)35/h4-10,15,18,25,30,36H,3,11-14,16-17,19H2,1-2H3,(H,31,32,37). The van der Waals surface area contributed by atoms with E-state index in [1.807, 2.05) is 43.3 Å². The summed E-state index contributed by atoms with van der Waals surface area (Å²) in [5, 5.41) is 16.2. The molecule has 1 unspecified atom stereocenters. The predicted octanol–water partition coefficient (Wildman–Crippen LogP) is 3.85. The fourth-order valence-corrected chi connectivity index (χ4v) is 6.02. The second-order valence-electron chi connectivity index (χ2n) is 9.62. The summed E-state index contributed by atoms with van der Waals surface area (Å²) in [5.41, 5.74) is 3.25. The zero-order chi connectivity index (χ0) is 28.5. The van der Waals surface area contributed by atoms with Crippen molar-refractivity contribution in [2.45, 2.75) is 42.9 Å². The van der Waals surface area contributed by atoms with Crippen LogP contribution in [0.3, 0.4) is 0 Å². The molecule has 1 aliphatic heterocycles. The summed E-state index contributed by atoms with van der Waals surface area (Å²) in [5.74, 6) is 0.471. The molecule has 1 fully saturated rings. The van der Waals surface area contributed by atoms with E-state index in [0.717, 1.165) is 15.3 Å². The lowest BCUT2D eigenvalue weighted by Crippen LogP contribution is -2.50. The van der Waals surface area contributed by atoms with Crippen LogP contribution in [0, 0.1) is 0 Å². The van der Waals surface area contributed by atoms with E-state index < -0.39 is 0 Å². The molecule has 1 aliphatic rings. The second-order valence-corrected chi connectivity index (χ2v) is 11.9. The van der Waals surface area contributed by atoms with Crippen molar-refractivity contribution in [1.29, 1.82) is 0 Å². The van der Waals surface area contributed by atoms with Crippen LogP contribution in [0.2, 0.25) is 0 Å². The predicted molar refractivity (Wildman–Crippen MR) is 159 cm³/mol. The molecule has 11 heteroatoms. The number of hydrogen-bond acceptors (Lipinski definition) is 8. The maximum absolute atomic E-state index is 13.0. The highest BCUT2D eigenvalue weighted by Gasteiger charge is 2.23. The Labute approximate surface area is 243 Å². The Bertz CT molecular complexity index is 1310. The number of thioether (sulfide) groups is 1. The quantitative estimate of drug-likeness (QED) is 0.295. The van der Waals surface area contributed by atoms with E-state index >= 15 is 0 Å². The summed E-state index contributed by atoms with van der Waals surface area (Å²) < 4.78 is 0.961. The van der Waals surface area contributed by atoms with E-state index in [1.54, 1.807) is 46.8 Å². The molecule has 1 atom stereocenters. The summed E-state index contributed by atoms with van der Waals surface area (Å²) >= 11 is 3.01. The largest absolute Gasteiger partial charge is 0.392 e. The molecule has 0 radical (unpaired) electrons. The summed E-state index contributed by atoms with van der Waals surface area (Å²) in [4.78, 5) is 45.1. The lowest BCUT2D eigenvalue weighted by atomic mass is 10.1. The fraction of sp³-hybridized carbons (Fsp3) is 0.379. The van der Waals surface area contributed by atoms with Crippen molar-refractivity contribution in [3.05, 3.63) is 77.0 Å². The van der Waals surface area contributed by atoms with Gasteiger partial charge in [-0.2, -0.15) is 0 Å². The minimum atomic E-state index is -0.354. The van der Waals surface area contributed by atoms with Gasteiger partial charge in [-0.05, 0) is 41.8 Å². The number of thiazole rings is 1. The van der Waals surface area contributed by atoms with Gasteiger partial charge in [0, 0.05) is 63.1 Å². The molecule has 0 spiro atoms. The summed E-state index contributed by atoms with van der Waals surface area (Å²) in [6.07, 6.45) is 2.10. The Hall–Kier alpha value is -3.25. The van der Waals surface area contributed by atoms with Crippen molar-refractivity contribution in [3.8, 4) is 0 Å². The van der Waals surface area contributed by atoms with E-state index in [2.05, 4.69) is 15.6 Å². The van der Waals surface area contributed by atoms with Crippen LogP contribution in [0.1, 0.15) is 52.1 Å². The summed E-state index contributed by atoms with van der Waals surface area (Å²) in [6, 6.07) is 15.0. The van der Waals surface area contributed by atoms with E-state index in [9.17, 15) is 19.5 Å². The number of hydrogen-bond donors (Lipinski definition) is 3. The first-order valence-corrected chi connectivity index (χ1v) is 15.1.